The molecule has 0 spiro atoms. The van der Waals surface area contributed by atoms with E-state index in [9.17, 15) is 19.8 Å². The Labute approximate surface area is 344 Å². The molecule has 4 aromatic carbocycles. The molecule has 0 aromatic heterocycles. The van der Waals surface area contributed by atoms with Gasteiger partial charge in [0.05, 0.1) is 79.9 Å². The van der Waals surface area contributed by atoms with Crippen LogP contribution in [0.5, 0.6) is 57.5 Å². The molecule has 2 aliphatic carbocycles. The molecule has 10 rings (SSSR count). The SMILES string of the molecule is COc1cc([C@@H]2c3cc4c(cc3[C@H](O)[C@H]3COC(=O)[C@@H]23)OCO4)cc(OC)c1OC.COc1cc([C@@H]2c3cc4c(cc3[C@H](O)[C@H]3COC(=O)[C@H]23)OCO4)cc(OC)c1OC. The van der Waals surface area contributed by atoms with E-state index < -0.39 is 24.0 Å². The minimum absolute atomic E-state index is 0.123. The lowest BCUT2D eigenvalue weighted by Gasteiger charge is -2.37. The van der Waals surface area contributed by atoms with Gasteiger partial charge in [-0.15, -0.1) is 0 Å². The molecule has 0 radical (unpaired) electrons. The normalized spacial score (nSPS) is 25.9. The van der Waals surface area contributed by atoms with Crippen molar-refractivity contribution < 1.29 is 76.6 Å². The van der Waals surface area contributed by atoms with E-state index in [1.807, 2.05) is 36.4 Å². The van der Waals surface area contributed by atoms with Gasteiger partial charge in [0.2, 0.25) is 25.1 Å². The van der Waals surface area contributed by atoms with Gasteiger partial charge in [-0.1, -0.05) is 0 Å². The molecule has 0 unspecified atom stereocenters. The van der Waals surface area contributed by atoms with E-state index in [4.69, 9.17) is 56.8 Å². The zero-order chi connectivity index (χ0) is 42.0. The van der Waals surface area contributed by atoms with Crippen LogP contribution >= 0.6 is 0 Å². The predicted molar refractivity (Wildman–Crippen MR) is 207 cm³/mol. The number of hydrogen-bond acceptors (Lipinski definition) is 16. The van der Waals surface area contributed by atoms with Gasteiger partial charge in [0.1, 0.15) is 0 Å². The molecule has 316 valence electrons. The summed E-state index contributed by atoms with van der Waals surface area (Å²) >= 11 is 0. The van der Waals surface area contributed by atoms with Gasteiger partial charge < -0.3 is 67.1 Å². The van der Waals surface area contributed by atoms with Crippen molar-refractivity contribution in [2.24, 2.45) is 23.7 Å². The molecule has 4 aliphatic heterocycles. The lowest BCUT2D eigenvalue weighted by molar-refractivity contribution is -0.142. The highest BCUT2D eigenvalue weighted by Crippen LogP contribution is 2.57. The third-order valence-electron chi connectivity index (χ3n) is 12.4. The van der Waals surface area contributed by atoms with Crippen LogP contribution in [-0.4, -0.2) is 91.6 Å². The Morgan fingerprint density at radius 1 is 0.450 bits per heavy atom. The van der Waals surface area contributed by atoms with E-state index in [0.29, 0.717) is 68.6 Å². The maximum absolute atomic E-state index is 12.7. The van der Waals surface area contributed by atoms with E-state index in [0.717, 1.165) is 22.3 Å². The molecule has 2 saturated heterocycles. The van der Waals surface area contributed by atoms with E-state index in [-0.39, 0.29) is 62.4 Å². The van der Waals surface area contributed by atoms with Gasteiger partial charge in [-0.2, -0.15) is 0 Å². The van der Waals surface area contributed by atoms with Crippen LogP contribution in [0.2, 0.25) is 0 Å². The van der Waals surface area contributed by atoms with Crippen LogP contribution in [0.15, 0.2) is 48.5 Å². The largest absolute Gasteiger partial charge is 0.493 e. The summed E-state index contributed by atoms with van der Waals surface area (Å²) in [6.45, 7) is 0.578. The molecular formula is C44H44O16. The number of ether oxygens (including phenoxy) is 12. The molecular weight excluding hydrogens is 784 g/mol. The number of benzene rings is 4. The van der Waals surface area contributed by atoms with Gasteiger partial charge in [-0.25, -0.2) is 0 Å². The standard InChI is InChI=1S/2C22H22O8/c2*1-25-16-4-10(5-17(26-2)21(16)27-3)18-11-6-14-15(30-9-29-14)7-12(11)20(23)13-8-28-22(24)19(13)18/h2*4-7,13,18-20,23H,8-9H2,1-3H3/t13-,18+,19+,20-;13-,18+,19-,20-/m00/s1. The van der Waals surface area contributed by atoms with Crippen molar-refractivity contribution in [2.45, 2.75) is 24.0 Å². The molecule has 2 fully saturated rings. The maximum atomic E-state index is 12.7. The Hall–Kier alpha value is -6.26. The molecule has 8 atom stereocenters. The van der Waals surface area contributed by atoms with Gasteiger partial charge in [-0.05, 0) is 81.9 Å². The summed E-state index contributed by atoms with van der Waals surface area (Å²) in [5.74, 6) is 1.98. The van der Waals surface area contributed by atoms with Crippen molar-refractivity contribution in [1.82, 2.24) is 0 Å². The lowest BCUT2D eigenvalue weighted by atomic mass is 9.66. The van der Waals surface area contributed by atoms with Crippen molar-refractivity contribution in [2.75, 3.05) is 69.5 Å². The quantitative estimate of drug-likeness (QED) is 0.230. The number of carbonyl (C=O) groups is 2. The minimum atomic E-state index is -0.843. The third-order valence-corrected chi connectivity index (χ3v) is 12.4. The second-order valence-electron chi connectivity index (χ2n) is 15.1. The van der Waals surface area contributed by atoms with Gasteiger partial charge in [-0.3, -0.25) is 9.59 Å². The minimum Gasteiger partial charge on any atom is -0.493 e. The molecule has 16 nitrogen and oxygen atoms in total. The number of aliphatic hydroxyl groups excluding tert-OH is 2. The fourth-order valence-electron chi connectivity index (χ4n) is 9.63. The summed E-state index contributed by atoms with van der Waals surface area (Å²) < 4.78 is 65.8. The third kappa shape index (κ3) is 6.10. The average molecular weight is 829 g/mol. The topological polar surface area (TPSA) is 185 Å². The van der Waals surface area contributed by atoms with E-state index in [2.05, 4.69) is 0 Å². The van der Waals surface area contributed by atoms with Crippen molar-refractivity contribution in [1.29, 1.82) is 0 Å². The van der Waals surface area contributed by atoms with Crippen LogP contribution in [0, 0.1) is 23.7 Å². The van der Waals surface area contributed by atoms with Crippen LogP contribution in [0.1, 0.15) is 57.4 Å². The first-order valence-electron chi connectivity index (χ1n) is 19.3. The second-order valence-corrected chi connectivity index (χ2v) is 15.1. The van der Waals surface area contributed by atoms with Crippen molar-refractivity contribution >= 4 is 11.9 Å². The molecule has 6 aliphatic rings. The Morgan fingerprint density at radius 2 is 0.767 bits per heavy atom. The van der Waals surface area contributed by atoms with Crippen LogP contribution in [0.25, 0.3) is 0 Å². The molecule has 0 saturated carbocycles. The Morgan fingerprint density at radius 3 is 1.07 bits per heavy atom. The van der Waals surface area contributed by atoms with Gasteiger partial charge in [0, 0.05) is 23.7 Å². The number of carbonyl (C=O) groups excluding carboxylic acids is 2. The zero-order valence-electron chi connectivity index (χ0n) is 33.7. The molecule has 2 N–H and O–H groups in total. The van der Waals surface area contributed by atoms with Crippen LogP contribution in [0.4, 0.5) is 0 Å². The molecule has 4 aromatic rings. The van der Waals surface area contributed by atoms with Crippen LogP contribution < -0.4 is 47.4 Å². The fraction of sp³-hybridized carbons (Fsp3) is 0.409. The highest BCUT2D eigenvalue weighted by atomic mass is 16.7. The van der Waals surface area contributed by atoms with E-state index in [1.54, 1.807) is 40.6 Å². The highest BCUT2D eigenvalue weighted by Gasteiger charge is 2.54. The summed E-state index contributed by atoms with van der Waals surface area (Å²) in [4.78, 5) is 25.5. The van der Waals surface area contributed by atoms with E-state index >= 15 is 0 Å². The smallest absolute Gasteiger partial charge is 0.310 e. The molecule has 60 heavy (non-hydrogen) atoms. The van der Waals surface area contributed by atoms with Crippen molar-refractivity contribution in [3.05, 3.63) is 81.9 Å². The van der Waals surface area contributed by atoms with E-state index in [1.165, 1.54) is 14.2 Å². The fourth-order valence-corrected chi connectivity index (χ4v) is 9.63. The number of aliphatic hydroxyl groups is 2. The number of esters is 2. The number of hydrogen-bond donors (Lipinski definition) is 2. The number of methoxy groups -OCH3 is 6. The molecule has 4 heterocycles. The maximum Gasteiger partial charge on any atom is 0.310 e. The van der Waals surface area contributed by atoms with Crippen molar-refractivity contribution in [3.8, 4) is 57.5 Å². The van der Waals surface area contributed by atoms with Gasteiger partial charge in [0.25, 0.3) is 0 Å². The summed E-state index contributed by atoms with van der Waals surface area (Å²) in [6.07, 6.45) is -1.69. The zero-order valence-corrected chi connectivity index (χ0v) is 33.7. The summed E-state index contributed by atoms with van der Waals surface area (Å²) in [5, 5.41) is 22.1. The first kappa shape index (κ1) is 39.2. The van der Waals surface area contributed by atoms with Crippen molar-refractivity contribution in [3.63, 3.8) is 0 Å². The predicted octanol–water partition coefficient (Wildman–Crippen LogP) is 4.82. The lowest BCUT2D eigenvalue weighted by Crippen LogP contribution is -2.34. The monoisotopic (exact) mass is 828 g/mol. The Balaban J connectivity index is 0.000000154. The summed E-state index contributed by atoms with van der Waals surface area (Å²) in [5.41, 5.74) is 4.59. The van der Waals surface area contributed by atoms with Gasteiger partial charge in [0.15, 0.2) is 46.0 Å². The summed E-state index contributed by atoms with van der Waals surface area (Å²) in [7, 11) is 9.26. The highest BCUT2D eigenvalue weighted by molar-refractivity contribution is 5.80. The Bertz CT molecular complexity index is 2150. The number of fused-ring (bicyclic) bond motifs is 6. The molecule has 0 bridgehead atoms. The number of rotatable bonds is 8. The molecule has 16 heteroatoms. The van der Waals surface area contributed by atoms with Gasteiger partial charge >= 0.3 is 11.9 Å². The first-order valence-corrected chi connectivity index (χ1v) is 19.3. The Kier molecular flexibility index (Phi) is 10.1. The van der Waals surface area contributed by atoms with Crippen LogP contribution in [0.3, 0.4) is 0 Å². The number of cyclic esters (lactones) is 2. The average Bonchev–Trinajstić information content (AvgIpc) is 4.10. The first-order chi connectivity index (χ1) is 29.1. The molecule has 0 amide bonds. The summed E-state index contributed by atoms with van der Waals surface area (Å²) in [6, 6.07) is 14.6. The van der Waals surface area contributed by atoms with Crippen LogP contribution in [-0.2, 0) is 19.1 Å². The second kappa shape index (κ2) is 15.4.